The van der Waals surface area contributed by atoms with Crippen molar-refractivity contribution in [3.05, 3.63) is 0 Å². The quantitative estimate of drug-likeness (QED) is 0.716. The average molecular weight is 229 g/mol. The number of hydrogen-bond acceptors (Lipinski definition) is 3. The molecule has 0 amide bonds. The molecule has 1 aliphatic carbocycles. The minimum atomic E-state index is -3.46. The predicted octanol–water partition coefficient (Wildman–Crippen LogP) is 0.358. The molecular weight excluding hydrogens is 212 g/mol. The van der Waals surface area contributed by atoms with Gasteiger partial charge in [0.25, 0.3) is 0 Å². The van der Waals surface area contributed by atoms with Crippen molar-refractivity contribution in [2.45, 2.75) is 36.9 Å². The molecular formula is C7H17ClN2O2S. The van der Waals surface area contributed by atoms with Crippen LogP contribution in [0.2, 0.25) is 0 Å². The van der Waals surface area contributed by atoms with Crippen molar-refractivity contribution in [1.82, 2.24) is 0 Å². The van der Waals surface area contributed by atoms with Crippen molar-refractivity contribution in [1.29, 1.82) is 0 Å². The molecule has 0 radical (unpaired) electrons. The molecule has 1 saturated carbocycles. The maximum Gasteiger partial charge on any atom is 0.216 e. The summed E-state index contributed by atoms with van der Waals surface area (Å²) in [6, 6.07) is 0. The molecule has 0 heterocycles. The third kappa shape index (κ3) is 2.56. The number of halogens is 1. The van der Waals surface area contributed by atoms with E-state index in [4.69, 9.17) is 10.9 Å². The lowest BCUT2D eigenvalue weighted by Gasteiger charge is -2.33. The van der Waals surface area contributed by atoms with Gasteiger partial charge in [0.2, 0.25) is 10.0 Å². The second kappa shape index (κ2) is 4.59. The number of primary sulfonamides is 1. The lowest BCUT2D eigenvalue weighted by molar-refractivity contribution is 0.378. The minimum absolute atomic E-state index is 0. The second-order valence-corrected chi connectivity index (χ2v) is 5.45. The van der Waals surface area contributed by atoms with Crippen molar-refractivity contribution in [3.8, 4) is 0 Å². The van der Waals surface area contributed by atoms with Gasteiger partial charge < -0.3 is 5.73 Å². The van der Waals surface area contributed by atoms with E-state index in [0.717, 1.165) is 19.3 Å². The fourth-order valence-electron chi connectivity index (χ4n) is 1.80. The molecule has 4 N–H and O–H groups in total. The highest BCUT2D eigenvalue weighted by Crippen LogP contribution is 2.32. The van der Waals surface area contributed by atoms with Crippen LogP contribution in [0.15, 0.2) is 0 Å². The topological polar surface area (TPSA) is 86.2 Å². The van der Waals surface area contributed by atoms with Crippen LogP contribution in [0.4, 0.5) is 0 Å². The first-order valence-corrected chi connectivity index (χ1v) is 5.79. The standard InChI is InChI=1S/C7H16N2O2S.ClH/c8-6-7(12(9,10)11)4-2-1-3-5-7;/h1-6,8H2,(H2,9,10,11);1H. The first kappa shape index (κ1) is 13.2. The summed E-state index contributed by atoms with van der Waals surface area (Å²) in [5.74, 6) is 0. The van der Waals surface area contributed by atoms with Gasteiger partial charge in [0.05, 0.1) is 4.75 Å². The van der Waals surface area contributed by atoms with E-state index in [9.17, 15) is 8.42 Å². The molecule has 0 aliphatic heterocycles. The number of rotatable bonds is 2. The lowest BCUT2D eigenvalue weighted by atomic mass is 9.88. The highest BCUT2D eigenvalue weighted by molar-refractivity contribution is 7.90. The van der Waals surface area contributed by atoms with Gasteiger partial charge >= 0.3 is 0 Å². The van der Waals surface area contributed by atoms with Crippen LogP contribution in [0, 0.1) is 0 Å². The third-order valence-corrected chi connectivity index (χ3v) is 4.52. The van der Waals surface area contributed by atoms with E-state index in [1.165, 1.54) is 0 Å². The smallest absolute Gasteiger partial charge is 0.216 e. The van der Waals surface area contributed by atoms with Gasteiger partial charge in [-0.3, -0.25) is 0 Å². The molecule has 6 heteroatoms. The Kier molecular flexibility index (Phi) is 4.65. The summed E-state index contributed by atoms with van der Waals surface area (Å²) in [6.07, 6.45) is 4.20. The molecule has 0 aromatic heterocycles. The van der Waals surface area contributed by atoms with Crippen molar-refractivity contribution in [2.75, 3.05) is 6.54 Å². The van der Waals surface area contributed by atoms with Gasteiger partial charge in [-0.05, 0) is 12.8 Å². The Balaban J connectivity index is 0.00000144. The summed E-state index contributed by atoms with van der Waals surface area (Å²) in [6.45, 7) is 0.159. The Morgan fingerprint density at radius 2 is 1.62 bits per heavy atom. The van der Waals surface area contributed by atoms with E-state index in [1.54, 1.807) is 0 Å². The van der Waals surface area contributed by atoms with Gasteiger partial charge in [-0.25, -0.2) is 13.6 Å². The molecule has 0 unspecified atom stereocenters. The van der Waals surface area contributed by atoms with Crippen molar-refractivity contribution in [3.63, 3.8) is 0 Å². The Bertz CT molecular complexity index is 247. The molecule has 80 valence electrons. The summed E-state index contributed by atoms with van der Waals surface area (Å²) in [7, 11) is -3.46. The highest BCUT2D eigenvalue weighted by atomic mass is 35.5. The fourth-order valence-corrected chi connectivity index (χ4v) is 2.89. The van der Waals surface area contributed by atoms with Crippen molar-refractivity contribution >= 4 is 22.4 Å². The molecule has 1 rings (SSSR count). The summed E-state index contributed by atoms with van der Waals surface area (Å²) in [5.41, 5.74) is 5.47. The van der Waals surface area contributed by atoms with E-state index in [0.29, 0.717) is 12.8 Å². The average Bonchev–Trinajstić information content (AvgIpc) is 2.04. The minimum Gasteiger partial charge on any atom is -0.329 e. The third-order valence-electron chi connectivity index (χ3n) is 2.74. The Morgan fingerprint density at radius 3 is 1.85 bits per heavy atom. The summed E-state index contributed by atoms with van der Waals surface area (Å²) < 4.78 is 21.7. The maximum absolute atomic E-state index is 11.2. The Morgan fingerprint density at radius 1 is 1.15 bits per heavy atom. The Labute approximate surface area is 85.5 Å². The summed E-state index contributed by atoms with van der Waals surface area (Å²) in [4.78, 5) is 0. The molecule has 0 atom stereocenters. The van der Waals surface area contributed by atoms with Gasteiger partial charge in [0.15, 0.2) is 0 Å². The van der Waals surface area contributed by atoms with Gasteiger partial charge in [0, 0.05) is 6.54 Å². The zero-order valence-corrected chi connectivity index (χ0v) is 9.16. The fraction of sp³-hybridized carbons (Fsp3) is 1.00. The molecule has 13 heavy (non-hydrogen) atoms. The maximum atomic E-state index is 11.2. The van der Waals surface area contributed by atoms with Gasteiger partial charge in [-0.1, -0.05) is 19.3 Å². The molecule has 1 aliphatic rings. The largest absolute Gasteiger partial charge is 0.329 e. The van der Waals surface area contributed by atoms with Gasteiger partial charge in [-0.15, -0.1) is 12.4 Å². The molecule has 0 aromatic rings. The number of hydrogen-bond donors (Lipinski definition) is 2. The molecule has 0 bridgehead atoms. The molecule has 0 aromatic carbocycles. The van der Waals surface area contributed by atoms with Crippen molar-refractivity contribution in [2.24, 2.45) is 10.9 Å². The van der Waals surface area contributed by atoms with Crippen molar-refractivity contribution < 1.29 is 8.42 Å². The first-order chi connectivity index (χ1) is 5.52. The Hall–Kier alpha value is 0.160. The van der Waals surface area contributed by atoms with E-state index >= 15 is 0 Å². The lowest BCUT2D eigenvalue weighted by Crippen LogP contribution is -2.50. The van der Waals surface area contributed by atoms with Crippen LogP contribution in [0.3, 0.4) is 0 Å². The van der Waals surface area contributed by atoms with Crippen LogP contribution in [0.25, 0.3) is 0 Å². The zero-order valence-electron chi connectivity index (χ0n) is 7.53. The van der Waals surface area contributed by atoms with Crippen LogP contribution in [0.5, 0.6) is 0 Å². The van der Waals surface area contributed by atoms with Crippen LogP contribution < -0.4 is 10.9 Å². The van der Waals surface area contributed by atoms with E-state index in [1.807, 2.05) is 0 Å². The van der Waals surface area contributed by atoms with Gasteiger partial charge in [-0.2, -0.15) is 0 Å². The van der Waals surface area contributed by atoms with Gasteiger partial charge in [0.1, 0.15) is 0 Å². The normalized spacial score (nSPS) is 22.0. The summed E-state index contributed by atoms with van der Waals surface area (Å²) in [5, 5.41) is 5.15. The highest BCUT2D eigenvalue weighted by Gasteiger charge is 2.40. The van der Waals surface area contributed by atoms with Crippen LogP contribution in [-0.2, 0) is 10.0 Å². The van der Waals surface area contributed by atoms with Crippen LogP contribution >= 0.6 is 12.4 Å². The number of nitrogens with two attached hydrogens (primary N) is 2. The monoisotopic (exact) mass is 228 g/mol. The molecule has 0 saturated heterocycles. The summed E-state index contributed by atoms with van der Waals surface area (Å²) >= 11 is 0. The molecule has 0 spiro atoms. The molecule has 1 fully saturated rings. The first-order valence-electron chi connectivity index (χ1n) is 4.24. The second-order valence-electron chi connectivity index (χ2n) is 3.49. The SMILES string of the molecule is Cl.NCC1(S(N)(=O)=O)CCCCC1. The zero-order chi connectivity index (χ0) is 9.24. The molecule has 4 nitrogen and oxygen atoms in total. The number of sulfonamides is 1. The predicted molar refractivity (Wildman–Crippen MR) is 55.2 cm³/mol. The van der Waals surface area contributed by atoms with E-state index < -0.39 is 14.8 Å². The van der Waals surface area contributed by atoms with Crippen LogP contribution in [0.1, 0.15) is 32.1 Å². The van der Waals surface area contributed by atoms with E-state index in [2.05, 4.69) is 0 Å². The van der Waals surface area contributed by atoms with Crippen LogP contribution in [-0.4, -0.2) is 19.7 Å². The van der Waals surface area contributed by atoms with E-state index in [-0.39, 0.29) is 19.0 Å².